The van der Waals surface area contributed by atoms with Crippen molar-refractivity contribution >= 4 is 5.82 Å². The molecular formula is C21H17F3N6. The predicted molar refractivity (Wildman–Crippen MR) is 106 cm³/mol. The molecule has 4 aromatic rings. The Morgan fingerprint density at radius 2 is 1.87 bits per heavy atom. The third-order valence-corrected chi connectivity index (χ3v) is 4.35. The zero-order chi connectivity index (χ0) is 21.1. The topological polar surface area (TPSA) is 68.5 Å². The number of halogens is 3. The number of pyridine rings is 1. The molecule has 0 atom stereocenters. The highest BCUT2D eigenvalue weighted by molar-refractivity contribution is 5.62. The summed E-state index contributed by atoms with van der Waals surface area (Å²) in [4.78, 5) is 11.9. The van der Waals surface area contributed by atoms with E-state index in [2.05, 4.69) is 25.4 Å². The van der Waals surface area contributed by atoms with Crippen LogP contribution in [-0.2, 0) is 19.8 Å². The van der Waals surface area contributed by atoms with Crippen LogP contribution in [0.1, 0.15) is 11.3 Å². The molecule has 0 saturated carbocycles. The van der Waals surface area contributed by atoms with Crippen LogP contribution in [0.15, 0.2) is 67.1 Å². The first-order valence-electron chi connectivity index (χ1n) is 9.08. The smallest absolute Gasteiger partial charge is 0.366 e. The van der Waals surface area contributed by atoms with Crippen molar-refractivity contribution in [3.63, 3.8) is 0 Å². The molecule has 0 aliphatic carbocycles. The molecule has 0 aliphatic heterocycles. The average molecular weight is 410 g/mol. The van der Waals surface area contributed by atoms with E-state index in [4.69, 9.17) is 0 Å². The maximum atomic E-state index is 13.3. The van der Waals surface area contributed by atoms with Gasteiger partial charge in [-0.2, -0.15) is 18.3 Å². The van der Waals surface area contributed by atoms with E-state index in [0.717, 1.165) is 22.8 Å². The average Bonchev–Trinajstić information content (AvgIpc) is 3.19. The fourth-order valence-electron chi connectivity index (χ4n) is 2.92. The summed E-state index contributed by atoms with van der Waals surface area (Å²) in [7, 11) is 1.83. The van der Waals surface area contributed by atoms with Crippen LogP contribution in [0.2, 0.25) is 0 Å². The molecule has 0 amide bonds. The van der Waals surface area contributed by atoms with Crippen LogP contribution in [0.4, 0.5) is 19.0 Å². The normalized spacial score (nSPS) is 11.5. The number of nitrogens with zero attached hydrogens (tertiary/aromatic N) is 5. The second-order valence-electron chi connectivity index (χ2n) is 6.63. The molecule has 1 N–H and O–H groups in total. The molecule has 0 unspecified atom stereocenters. The van der Waals surface area contributed by atoms with E-state index in [1.807, 2.05) is 37.5 Å². The van der Waals surface area contributed by atoms with Crippen molar-refractivity contribution in [2.24, 2.45) is 7.05 Å². The quantitative estimate of drug-likeness (QED) is 0.522. The van der Waals surface area contributed by atoms with Gasteiger partial charge in [-0.3, -0.25) is 9.67 Å². The van der Waals surface area contributed by atoms with Crippen molar-refractivity contribution in [2.45, 2.75) is 12.7 Å². The highest BCUT2D eigenvalue weighted by atomic mass is 19.4. The molecule has 0 radical (unpaired) electrons. The van der Waals surface area contributed by atoms with Gasteiger partial charge in [-0.05, 0) is 29.3 Å². The van der Waals surface area contributed by atoms with E-state index in [-0.39, 0.29) is 17.3 Å². The summed E-state index contributed by atoms with van der Waals surface area (Å²) >= 11 is 0. The van der Waals surface area contributed by atoms with Crippen LogP contribution in [0.5, 0.6) is 0 Å². The Morgan fingerprint density at radius 3 is 2.57 bits per heavy atom. The Kier molecular flexibility index (Phi) is 5.18. The van der Waals surface area contributed by atoms with Gasteiger partial charge in [0.2, 0.25) is 0 Å². The monoisotopic (exact) mass is 410 g/mol. The molecule has 0 aliphatic rings. The number of alkyl halides is 3. The number of hydrogen-bond acceptors (Lipinski definition) is 5. The zero-order valence-electron chi connectivity index (χ0n) is 15.9. The Bertz CT molecular complexity index is 1150. The summed E-state index contributed by atoms with van der Waals surface area (Å²) in [6, 6.07) is 13.5. The van der Waals surface area contributed by atoms with E-state index in [1.54, 1.807) is 29.1 Å². The van der Waals surface area contributed by atoms with Crippen LogP contribution in [-0.4, -0.2) is 24.7 Å². The van der Waals surface area contributed by atoms with Gasteiger partial charge in [-0.1, -0.05) is 24.3 Å². The highest BCUT2D eigenvalue weighted by Crippen LogP contribution is 2.30. The van der Waals surface area contributed by atoms with Crippen molar-refractivity contribution in [2.75, 3.05) is 5.32 Å². The van der Waals surface area contributed by atoms with Gasteiger partial charge in [-0.25, -0.2) is 9.97 Å². The second kappa shape index (κ2) is 7.94. The van der Waals surface area contributed by atoms with E-state index in [1.165, 1.54) is 6.20 Å². The largest absolute Gasteiger partial charge is 0.433 e. The van der Waals surface area contributed by atoms with Crippen LogP contribution < -0.4 is 5.32 Å². The number of nitrogens with one attached hydrogen (secondary N) is 1. The molecule has 4 rings (SSSR count). The fraction of sp³-hybridized carbons (Fsp3) is 0.143. The SMILES string of the molecule is Cn1cc(-c2cccc(CNc3cc(C(F)(F)F)nc(-c4ccccn4)n3)c2)cn1. The van der Waals surface area contributed by atoms with Gasteiger partial charge in [0.15, 0.2) is 11.5 Å². The third-order valence-electron chi connectivity index (χ3n) is 4.35. The minimum atomic E-state index is -4.59. The number of rotatable bonds is 5. The number of aromatic nitrogens is 5. The van der Waals surface area contributed by atoms with Crippen LogP contribution >= 0.6 is 0 Å². The molecule has 1 aromatic carbocycles. The van der Waals surface area contributed by atoms with Crippen LogP contribution in [0.3, 0.4) is 0 Å². The zero-order valence-corrected chi connectivity index (χ0v) is 15.9. The van der Waals surface area contributed by atoms with Gasteiger partial charge in [0.1, 0.15) is 11.5 Å². The maximum Gasteiger partial charge on any atom is 0.433 e. The first-order chi connectivity index (χ1) is 14.4. The summed E-state index contributed by atoms with van der Waals surface area (Å²) in [6.45, 7) is 0.296. The minimum Gasteiger partial charge on any atom is -0.366 e. The lowest BCUT2D eigenvalue weighted by Gasteiger charge is -2.12. The standard InChI is InChI=1S/C21H17F3N6/c1-30-13-16(12-27-30)15-6-4-5-14(9-15)11-26-19-10-18(21(22,23)24)28-20(29-19)17-7-2-3-8-25-17/h2-10,12-13H,11H2,1H3,(H,26,28,29). The number of hydrogen-bond donors (Lipinski definition) is 1. The molecule has 9 heteroatoms. The van der Waals surface area contributed by atoms with E-state index in [0.29, 0.717) is 6.54 Å². The van der Waals surface area contributed by atoms with Crippen molar-refractivity contribution in [3.8, 4) is 22.6 Å². The predicted octanol–water partition coefficient (Wildman–Crippen LogP) is 4.57. The minimum absolute atomic E-state index is 0.0739. The summed E-state index contributed by atoms with van der Waals surface area (Å²) in [5.74, 6) is -0.0122. The molecule has 0 fully saturated rings. The fourth-order valence-corrected chi connectivity index (χ4v) is 2.92. The summed E-state index contributed by atoms with van der Waals surface area (Å²) in [5.41, 5.74) is 2.06. The van der Waals surface area contributed by atoms with Crippen molar-refractivity contribution in [3.05, 3.63) is 78.4 Å². The van der Waals surface area contributed by atoms with Gasteiger partial charge in [0.25, 0.3) is 0 Å². The molecule has 3 aromatic heterocycles. The van der Waals surface area contributed by atoms with Crippen molar-refractivity contribution in [1.29, 1.82) is 0 Å². The Labute approximate surface area is 170 Å². The highest BCUT2D eigenvalue weighted by Gasteiger charge is 2.34. The van der Waals surface area contributed by atoms with Gasteiger partial charge in [0, 0.05) is 37.6 Å². The number of benzene rings is 1. The Hall–Kier alpha value is -3.75. The van der Waals surface area contributed by atoms with E-state index >= 15 is 0 Å². The van der Waals surface area contributed by atoms with Crippen molar-refractivity contribution in [1.82, 2.24) is 24.7 Å². The van der Waals surface area contributed by atoms with E-state index < -0.39 is 11.9 Å². The maximum absolute atomic E-state index is 13.3. The molecule has 30 heavy (non-hydrogen) atoms. The third kappa shape index (κ3) is 4.45. The molecular weight excluding hydrogens is 393 g/mol. The molecule has 152 valence electrons. The van der Waals surface area contributed by atoms with Gasteiger partial charge < -0.3 is 5.32 Å². The lowest BCUT2D eigenvalue weighted by atomic mass is 10.1. The van der Waals surface area contributed by atoms with Gasteiger partial charge >= 0.3 is 6.18 Å². The van der Waals surface area contributed by atoms with Crippen LogP contribution in [0.25, 0.3) is 22.6 Å². The summed E-state index contributed by atoms with van der Waals surface area (Å²) in [6.07, 6.45) is 0.538. The summed E-state index contributed by atoms with van der Waals surface area (Å²) in [5, 5.41) is 7.13. The Balaban J connectivity index is 1.60. The first kappa shape index (κ1) is 19.6. The molecule has 6 nitrogen and oxygen atoms in total. The Morgan fingerprint density at radius 1 is 1.00 bits per heavy atom. The first-order valence-corrected chi connectivity index (χ1v) is 9.08. The van der Waals surface area contributed by atoms with Crippen LogP contribution in [0, 0.1) is 0 Å². The number of aryl methyl sites for hydroxylation is 1. The van der Waals surface area contributed by atoms with Gasteiger partial charge in [-0.15, -0.1) is 0 Å². The molecule has 3 heterocycles. The molecule has 0 bridgehead atoms. The lowest BCUT2D eigenvalue weighted by Crippen LogP contribution is -2.12. The second-order valence-corrected chi connectivity index (χ2v) is 6.63. The van der Waals surface area contributed by atoms with Gasteiger partial charge in [0.05, 0.1) is 6.20 Å². The molecule has 0 spiro atoms. The van der Waals surface area contributed by atoms with Crippen molar-refractivity contribution < 1.29 is 13.2 Å². The molecule has 0 saturated heterocycles. The number of anilines is 1. The van der Waals surface area contributed by atoms with E-state index in [9.17, 15) is 13.2 Å². The lowest BCUT2D eigenvalue weighted by molar-refractivity contribution is -0.141. The summed E-state index contributed by atoms with van der Waals surface area (Å²) < 4.78 is 41.7.